The predicted molar refractivity (Wildman–Crippen MR) is 75.0 cm³/mol. The molecule has 0 spiro atoms. The lowest BCUT2D eigenvalue weighted by Gasteiger charge is -2.25. The van der Waals surface area contributed by atoms with Gasteiger partial charge in [0, 0.05) is 17.3 Å². The fourth-order valence-electron chi connectivity index (χ4n) is 3.64. The van der Waals surface area contributed by atoms with Crippen LogP contribution in [0.3, 0.4) is 0 Å². The second-order valence-corrected chi connectivity index (χ2v) is 6.00. The van der Waals surface area contributed by atoms with Gasteiger partial charge in [-0.1, -0.05) is 12.8 Å². The Balaban J connectivity index is 1.64. The SMILES string of the molecule is OCCn1ncc2c1CCCC2NCC1CCCC1. The van der Waals surface area contributed by atoms with Gasteiger partial charge < -0.3 is 10.4 Å². The van der Waals surface area contributed by atoms with Crippen molar-refractivity contribution >= 4 is 0 Å². The Hall–Kier alpha value is -0.870. The molecule has 19 heavy (non-hydrogen) atoms. The maximum atomic E-state index is 9.08. The standard InChI is InChI=1S/C15H25N3O/c19-9-8-18-15-7-3-6-14(13(15)11-17-18)16-10-12-4-1-2-5-12/h11-12,14,16,19H,1-10H2. The molecule has 2 aliphatic rings. The molecular weight excluding hydrogens is 238 g/mol. The lowest BCUT2D eigenvalue weighted by atomic mass is 9.92. The summed E-state index contributed by atoms with van der Waals surface area (Å²) in [7, 11) is 0. The molecule has 1 aromatic heterocycles. The highest BCUT2D eigenvalue weighted by molar-refractivity contribution is 5.24. The van der Waals surface area contributed by atoms with Crippen LogP contribution in [0, 0.1) is 5.92 Å². The van der Waals surface area contributed by atoms with E-state index in [4.69, 9.17) is 5.11 Å². The number of fused-ring (bicyclic) bond motifs is 1. The Bertz CT molecular complexity index is 410. The number of hydrogen-bond acceptors (Lipinski definition) is 3. The van der Waals surface area contributed by atoms with E-state index in [1.54, 1.807) is 0 Å². The van der Waals surface area contributed by atoms with E-state index in [0.717, 1.165) is 18.9 Å². The molecule has 4 heteroatoms. The number of aliphatic hydroxyl groups is 1. The van der Waals surface area contributed by atoms with E-state index < -0.39 is 0 Å². The first-order valence-electron chi connectivity index (χ1n) is 7.77. The molecule has 1 unspecified atom stereocenters. The second-order valence-electron chi connectivity index (χ2n) is 6.00. The third kappa shape index (κ3) is 2.84. The molecule has 1 aromatic rings. The maximum Gasteiger partial charge on any atom is 0.0644 e. The van der Waals surface area contributed by atoms with Crippen molar-refractivity contribution < 1.29 is 5.11 Å². The third-order valence-corrected chi connectivity index (χ3v) is 4.70. The van der Waals surface area contributed by atoms with E-state index in [2.05, 4.69) is 10.4 Å². The van der Waals surface area contributed by atoms with Crippen molar-refractivity contribution in [3.05, 3.63) is 17.5 Å². The van der Waals surface area contributed by atoms with Crippen LogP contribution in [0.5, 0.6) is 0 Å². The van der Waals surface area contributed by atoms with Crippen LogP contribution in [0.4, 0.5) is 0 Å². The zero-order valence-electron chi connectivity index (χ0n) is 11.6. The first kappa shape index (κ1) is 13.1. The summed E-state index contributed by atoms with van der Waals surface area (Å²) in [6, 6.07) is 0.483. The molecule has 0 aromatic carbocycles. The Labute approximate surface area is 115 Å². The zero-order chi connectivity index (χ0) is 13.1. The molecule has 0 aliphatic heterocycles. The van der Waals surface area contributed by atoms with Gasteiger partial charge in [-0.15, -0.1) is 0 Å². The normalized spacial score (nSPS) is 23.7. The molecule has 0 amide bonds. The van der Waals surface area contributed by atoms with Crippen LogP contribution in [0.25, 0.3) is 0 Å². The summed E-state index contributed by atoms with van der Waals surface area (Å²) in [5.74, 6) is 0.887. The summed E-state index contributed by atoms with van der Waals surface area (Å²) >= 11 is 0. The fraction of sp³-hybridized carbons (Fsp3) is 0.800. The van der Waals surface area contributed by atoms with E-state index in [9.17, 15) is 0 Å². The molecular formula is C15H25N3O. The molecule has 4 nitrogen and oxygen atoms in total. The van der Waals surface area contributed by atoms with Crippen LogP contribution in [0.2, 0.25) is 0 Å². The molecule has 1 saturated carbocycles. The predicted octanol–water partition coefficient (Wildman–Crippen LogP) is 2.03. The third-order valence-electron chi connectivity index (χ3n) is 4.70. The first-order chi connectivity index (χ1) is 9.38. The first-order valence-corrected chi connectivity index (χ1v) is 7.77. The highest BCUT2D eigenvalue weighted by atomic mass is 16.3. The van der Waals surface area contributed by atoms with Gasteiger partial charge in [0.2, 0.25) is 0 Å². The number of nitrogens with zero attached hydrogens (tertiary/aromatic N) is 2. The molecule has 2 N–H and O–H groups in total. The molecule has 106 valence electrons. The van der Waals surface area contributed by atoms with Gasteiger partial charge in [-0.05, 0) is 44.6 Å². The summed E-state index contributed by atoms with van der Waals surface area (Å²) in [4.78, 5) is 0. The van der Waals surface area contributed by atoms with Crippen molar-refractivity contribution in [1.29, 1.82) is 0 Å². The molecule has 0 saturated heterocycles. The van der Waals surface area contributed by atoms with Gasteiger partial charge in [-0.25, -0.2) is 0 Å². The molecule has 1 fully saturated rings. The lowest BCUT2D eigenvalue weighted by molar-refractivity contribution is 0.266. The number of rotatable bonds is 5. The number of nitrogens with one attached hydrogen (secondary N) is 1. The number of aliphatic hydroxyl groups excluding tert-OH is 1. The Morgan fingerprint density at radius 2 is 2.11 bits per heavy atom. The summed E-state index contributed by atoms with van der Waals surface area (Å²) < 4.78 is 1.98. The van der Waals surface area contributed by atoms with Crippen molar-refractivity contribution in [2.75, 3.05) is 13.2 Å². The highest BCUT2D eigenvalue weighted by Crippen LogP contribution is 2.31. The van der Waals surface area contributed by atoms with Crippen molar-refractivity contribution in [1.82, 2.24) is 15.1 Å². The van der Waals surface area contributed by atoms with E-state index >= 15 is 0 Å². The quantitative estimate of drug-likeness (QED) is 0.854. The van der Waals surface area contributed by atoms with Gasteiger partial charge in [0.25, 0.3) is 0 Å². The average Bonchev–Trinajstić information content (AvgIpc) is 3.07. The summed E-state index contributed by atoms with van der Waals surface area (Å²) in [6.07, 6.45) is 11.2. The number of aromatic nitrogens is 2. The zero-order valence-corrected chi connectivity index (χ0v) is 11.6. The fourth-order valence-corrected chi connectivity index (χ4v) is 3.64. The largest absolute Gasteiger partial charge is 0.394 e. The molecule has 3 rings (SSSR count). The lowest BCUT2D eigenvalue weighted by Crippen LogP contribution is -2.29. The van der Waals surface area contributed by atoms with Crippen LogP contribution in [-0.4, -0.2) is 28.0 Å². The summed E-state index contributed by atoms with van der Waals surface area (Å²) in [5, 5.41) is 17.3. The molecule has 1 heterocycles. The summed E-state index contributed by atoms with van der Waals surface area (Å²) in [5.41, 5.74) is 2.71. The van der Waals surface area contributed by atoms with Crippen molar-refractivity contribution in [3.8, 4) is 0 Å². The average molecular weight is 263 g/mol. The Morgan fingerprint density at radius 1 is 1.26 bits per heavy atom. The minimum atomic E-state index is 0.175. The van der Waals surface area contributed by atoms with Gasteiger partial charge in [0.05, 0.1) is 19.3 Å². The van der Waals surface area contributed by atoms with E-state index in [1.807, 2.05) is 10.9 Å². The second kappa shape index (κ2) is 6.06. The molecule has 2 aliphatic carbocycles. The van der Waals surface area contributed by atoms with Gasteiger partial charge >= 0.3 is 0 Å². The highest BCUT2D eigenvalue weighted by Gasteiger charge is 2.25. The monoisotopic (exact) mass is 263 g/mol. The van der Waals surface area contributed by atoms with Gasteiger partial charge in [-0.2, -0.15) is 5.10 Å². The topological polar surface area (TPSA) is 50.1 Å². The molecule has 0 bridgehead atoms. The molecule has 0 radical (unpaired) electrons. The minimum absolute atomic E-state index is 0.175. The number of hydrogen-bond donors (Lipinski definition) is 2. The summed E-state index contributed by atoms with van der Waals surface area (Å²) in [6.45, 7) is 1.97. The van der Waals surface area contributed by atoms with E-state index in [0.29, 0.717) is 12.6 Å². The van der Waals surface area contributed by atoms with E-state index in [1.165, 1.54) is 49.8 Å². The van der Waals surface area contributed by atoms with Crippen LogP contribution in [0.15, 0.2) is 6.20 Å². The smallest absolute Gasteiger partial charge is 0.0644 e. The van der Waals surface area contributed by atoms with Crippen LogP contribution >= 0.6 is 0 Å². The van der Waals surface area contributed by atoms with E-state index in [-0.39, 0.29) is 6.61 Å². The minimum Gasteiger partial charge on any atom is -0.394 e. The van der Waals surface area contributed by atoms with Crippen LogP contribution in [-0.2, 0) is 13.0 Å². The Morgan fingerprint density at radius 3 is 2.89 bits per heavy atom. The van der Waals surface area contributed by atoms with Crippen LogP contribution < -0.4 is 5.32 Å². The van der Waals surface area contributed by atoms with Gasteiger partial charge in [-0.3, -0.25) is 4.68 Å². The van der Waals surface area contributed by atoms with Crippen molar-refractivity contribution in [3.63, 3.8) is 0 Å². The van der Waals surface area contributed by atoms with Crippen molar-refractivity contribution in [2.24, 2.45) is 5.92 Å². The van der Waals surface area contributed by atoms with Gasteiger partial charge in [0.15, 0.2) is 0 Å². The van der Waals surface area contributed by atoms with Crippen molar-refractivity contribution in [2.45, 2.75) is 57.5 Å². The van der Waals surface area contributed by atoms with Gasteiger partial charge in [0.1, 0.15) is 0 Å². The Kier molecular flexibility index (Phi) is 4.18. The maximum absolute atomic E-state index is 9.08. The molecule has 1 atom stereocenters. The van der Waals surface area contributed by atoms with Crippen LogP contribution in [0.1, 0.15) is 55.8 Å².